The summed E-state index contributed by atoms with van der Waals surface area (Å²) < 4.78 is 56.2. The molecule has 0 aromatic heterocycles. The van der Waals surface area contributed by atoms with Gasteiger partial charge in [-0.15, -0.1) is 0 Å². The Morgan fingerprint density at radius 3 is 0.805 bits per heavy atom. The molecule has 0 aliphatic heterocycles. The third-order valence-electron chi connectivity index (χ3n) is 16.0. The number of rotatable bonds is 68. The normalized spacial score (nSPS) is 12.1. The molecule has 0 aromatic rings. The van der Waals surface area contributed by atoms with Gasteiger partial charge in [0.25, 0.3) is 0 Å². The molecule has 508 valence electrons. The van der Waals surface area contributed by atoms with Crippen LogP contribution in [0.15, 0.2) is 48.6 Å². The summed E-state index contributed by atoms with van der Waals surface area (Å²) in [6, 6.07) is 0. The van der Waals surface area contributed by atoms with E-state index >= 15 is 4.57 Å². The van der Waals surface area contributed by atoms with Gasteiger partial charge in [0.05, 0.1) is 18.4 Å². The number of carbonyl (C=O) groups excluding carboxylic acids is 4. The van der Waals surface area contributed by atoms with Crippen molar-refractivity contribution in [2.45, 2.75) is 355 Å². The number of methoxy groups -OCH3 is 1. The number of esters is 4. The van der Waals surface area contributed by atoms with E-state index in [0.29, 0.717) is 71.3 Å². The SMILES string of the molecule is CCCCCC/C=C/COC(=O)CCCCCCCC(CCCCCCCC(=O)OC/C=C/CCCCCC)OP(=O)(CCCOC)OC(CCCCCCCC(=O)OC/C=C/CCCCCC)CCCCCCCC(=O)OC/C=C/CCCCCC. The first kappa shape index (κ1) is 84.0. The average molecular weight is 1250 g/mol. The molecule has 0 N–H and O–H groups in total. The molecule has 0 heterocycles. The minimum atomic E-state index is -3.56. The van der Waals surface area contributed by atoms with E-state index in [1.165, 1.54) is 103 Å². The Kier molecular flexibility index (Phi) is 65.0. The third kappa shape index (κ3) is 62.9. The largest absolute Gasteiger partial charge is 0.461 e. The predicted molar refractivity (Wildman–Crippen MR) is 363 cm³/mol. The van der Waals surface area contributed by atoms with Gasteiger partial charge < -0.3 is 32.7 Å². The molecular weight excluding hydrogens is 1110 g/mol. The lowest BCUT2D eigenvalue weighted by Gasteiger charge is -2.29. The van der Waals surface area contributed by atoms with Crippen molar-refractivity contribution in [3.05, 3.63) is 48.6 Å². The molecule has 0 saturated heterocycles. The maximum Gasteiger partial charge on any atom is 0.331 e. The van der Waals surface area contributed by atoms with Crippen LogP contribution in [0.5, 0.6) is 0 Å². The Morgan fingerprint density at radius 2 is 0.552 bits per heavy atom. The van der Waals surface area contributed by atoms with E-state index in [2.05, 4.69) is 52.0 Å². The van der Waals surface area contributed by atoms with E-state index in [0.717, 1.165) is 180 Å². The van der Waals surface area contributed by atoms with Crippen molar-refractivity contribution in [1.82, 2.24) is 0 Å². The van der Waals surface area contributed by atoms with Crippen LogP contribution in [-0.4, -0.2) is 82.4 Å². The molecule has 12 nitrogen and oxygen atoms in total. The highest BCUT2D eigenvalue weighted by Crippen LogP contribution is 2.53. The second-order valence-electron chi connectivity index (χ2n) is 24.4. The van der Waals surface area contributed by atoms with Crippen LogP contribution in [0.2, 0.25) is 0 Å². The predicted octanol–water partition coefficient (Wildman–Crippen LogP) is 22.2. The molecule has 0 aliphatic carbocycles. The summed E-state index contributed by atoms with van der Waals surface area (Å²) in [5.41, 5.74) is 0. The Balaban J connectivity index is 5.74. The molecule has 0 fully saturated rings. The molecule has 0 aliphatic rings. The summed E-state index contributed by atoms with van der Waals surface area (Å²) >= 11 is 0. The van der Waals surface area contributed by atoms with Crippen LogP contribution in [0.1, 0.15) is 342 Å². The first-order chi connectivity index (χ1) is 42.6. The Labute approximate surface area is 535 Å². The Bertz CT molecular complexity index is 1490. The summed E-state index contributed by atoms with van der Waals surface area (Å²) in [4.78, 5) is 49.7. The fourth-order valence-electron chi connectivity index (χ4n) is 10.5. The number of allylic oxidation sites excluding steroid dienone is 4. The zero-order chi connectivity index (χ0) is 63.5. The maximum absolute atomic E-state index is 15.2. The fraction of sp³-hybridized carbons (Fsp3) is 0.838. The standard InChI is InChI=1S/C74H135O12P/c1-6-10-14-18-22-38-50-64-81-71(75)59-46-34-26-30-42-55-69(56-43-31-27-35-47-60-72(76)82-65-51-39-23-19-15-11-7-2)85-87(79,68-54-63-80-5)86-70(57-44-32-28-36-48-61-73(77)83-66-52-40-24-20-16-12-8-3)58-45-33-29-37-49-62-74(78)84-67-53-41-25-21-17-13-9-4/h38-41,50-53,69-70H,6-37,42-49,54-68H2,1-5H3/b50-38+,51-39+,52-40+,53-41+. The van der Waals surface area contributed by atoms with E-state index in [9.17, 15) is 19.2 Å². The summed E-state index contributed by atoms with van der Waals surface area (Å²) in [7, 11) is -1.89. The van der Waals surface area contributed by atoms with Gasteiger partial charge in [-0.25, -0.2) is 0 Å². The third-order valence-corrected chi connectivity index (χ3v) is 18.1. The number of hydrogen-bond donors (Lipinski definition) is 0. The highest BCUT2D eigenvalue weighted by molar-refractivity contribution is 7.53. The van der Waals surface area contributed by atoms with Crippen LogP contribution in [0, 0.1) is 0 Å². The zero-order valence-corrected chi connectivity index (χ0v) is 57.9. The van der Waals surface area contributed by atoms with Crippen molar-refractivity contribution in [1.29, 1.82) is 0 Å². The summed E-state index contributed by atoms with van der Waals surface area (Å²) in [5, 5.41) is 0. The van der Waals surface area contributed by atoms with Crippen LogP contribution in [0.3, 0.4) is 0 Å². The van der Waals surface area contributed by atoms with E-state index in [-0.39, 0.29) is 36.1 Å². The highest BCUT2D eigenvalue weighted by Gasteiger charge is 2.32. The van der Waals surface area contributed by atoms with Crippen LogP contribution in [0.25, 0.3) is 0 Å². The van der Waals surface area contributed by atoms with Gasteiger partial charge in [0.15, 0.2) is 0 Å². The maximum atomic E-state index is 15.2. The van der Waals surface area contributed by atoms with Gasteiger partial charge in [-0.3, -0.25) is 23.7 Å². The Morgan fingerprint density at radius 1 is 0.310 bits per heavy atom. The van der Waals surface area contributed by atoms with Gasteiger partial charge in [-0.05, 0) is 109 Å². The molecule has 0 spiro atoms. The summed E-state index contributed by atoms with van der Waals surface area (Å²) in [6.07, 6.45) is 64.0. The zero-order valence-electron chi connectivity index (χ0n) is 57.0. The Hall–Kier alpha value is -3.05. The minimum Gasteiger partial charge on any atom is -0.461 e. The van der Waals surface area contributed by atoms with Gasteiger partial charge in [-0.1, -0.05) is 256 Å². The van der Waals surface area contributed by atoms with E-state index in [4.69, 9.17) is 32.7 Å². The topological polar surface area (TPSA) is 150 Å². The fourth-order valence-corrected chi connectivity index (χ4v) is 12.6. The summed E-state index contributed by atoms with van der Waals surface area (Å²) in [6.45, 7) is 10.7. The highest BCUT2D eigenvalue weighted by atomic mass is 31.2. The van der Waals surface area contributed by atoms with E-state index < -0.39 is 7.60 Å². The molecule has 0 saturated carbocycles. The van der Waals surface area contributed by atoms with Gasteiger partial charge in [0.2, 0.25) is 0 Å². The van der Waals surface area contributed by atoms with Gasteiger partial charge >= 0.3 is 31.5 Å². The lowest BCUT2D eigenvalue weighted by Crippen LogP contribution is -2.19. The van der Waals surface area contributed by atoms with Crippen LogP contribution >= 0.6 is 7.60 Å². The smallest absolute Gasteiger partial charge is 0.331 e. The quantitative estimate of drug-likeness (QED) is 0.0187. The monoisotopic (exact) mass is 1250 g/mol. The van der Waals surface area contributed by atoms with Crippen molar-refractivity contribution < 1.29 is 56.5 Å². The second kappa shape index (κ2) is 67.3. The number of ether oxygens (including phenoxy) is 5. The van der Waals surface area contributed by atoms with Crippen molar-refractivity contribution in [3.63, 3.8) is 0 Å². The van der Waals surface area contributed by atoms with Crippen LogP contribution < -0.4 is 0 Å². The molecule has 0 atom stereocenters. The molecule has 0 amide bonds. The average Bonchev–Trinajstić information content (AvgIpc) is 3.60. The number of hydrogen-bond acceptors (Lipinski definition) is 12. The van der Waals surface area contributed by atoms with Crippen LogP contribution in [-0.2, 0) is 56.5 Å². The molecule has 0 bridgehead atoms. The van der Waals surface area contributed by atoms with Crippen molar-refractivity contribution in [2.75, 3.05) is 46.3 Å². The molecular formula is C74H135O12P. The molecule has 0 aromatic carbocycles. The van der Waals surface area contributed by atoms with Gasteiger partial charge in [0, 0.05) is 39.4 Å². The first-order valence-electron chi connectivity index (χ1n) is 36.3. The number of unbranched alkanes of at least 4 members (excludes halogenated alkanes) is 32. The van der Waals surface area contributed by atoms with Gasteiger partial charge in [0.1, 0.15) is 26.4 Å². The molecule has 87 heavy (non-hydrogen) atoms. The lowest BCUT2D eigenvalue weighted by atomic mass is 10.0. The van der Waals surface area contributed by atoms with E-state index in [1.54, 1.807) is 7.11 Å². The summed E-state index contributed by atoms with van der Waals surface area (Å²) in [5.74, 6) is -0.555. The van der Waals surface area contributed by atoms with E-state index in [1.807, 2.05) is 24.3 Å². The molecule has 0 radical (unpaired) electrons. The first-order valence-corrected chi connectivity index (χ1v) is 38.0. The second-order valence-corrected chi connectivity index (χ2v) is 26.5. The van der Waals surface area contributed by atoms with Crippen molar-refractivity contribution in [2.24, 2.45) is 0 Å². The number of carbonyl (C=O) groups is 4. The molecule has 0 rings (SSSR count). The van der Waals surface area contributed by atoms with Crippen molar-refractivity contribution in [3.8, 4) is 0 Å². The minimum absolute atomic E-state index is 0.139. The van der Waals surface area contributed by atoms with Crippen LogP contribution in [0.4, 0.5) is 0 Å². The molecule has 0 unspecified atom stereocenters. The van der Waals surface area contributed by atoms with Gasteiger partial charge in [-0.2, -0.15) is 0 Å². The molecule has 13 heteroatoms. The lowest BCUT2D eigenvalue weighted by molar-refractivity contribution is -0.143. The van der Waals surface area contributed by atoms with Crippen molar-refractivity contribution >= 4 is 31.5 Å².